The normalized spacial score (nSPS) is 21.8. The topological polar surface area (TPSA) is 0 Å². The van der Waals surface area contributed by atoms with Crippen LogP contribution in [0.5, 0.6) is 0 Å². The fourth-order valence-electron chi connectivity index (χ4n) is 5.07. The standard InChI is InChI=1S/C32H35BSi/c1-32(2,3)33-28-18-10-12-20-30(28)34(31-21-13-11-19-29(31)33,24-22-26-14-6-4-7-15-26)25-23-27-16-8-5-9-17-27/h4-21H,22-25H2,1-3H3/i4D,5D,6D,7D,8D,9D,10D,11D,12D,13D,14D,15D,16D,17D,18D,19D,20D,21D. The molecule has 0 spiro atoms. The van der Waals surface area contributed by atoms with E-state index in [1.54, 1.807) is 20.8 Å². The van der Waals surface area contributed by atoms with Crippen molar-refractivity contribution in [1.29, 1.82) is 0 Å². The van der Waals surface area contributed by atoms with Crippen LogP contribution in [0, 0.1) is 0 Å². The Morgan fingerprint density at radius 2 is 0.971 bits per heavy atom. The lowest BCUT2D eigenvalue weighted by atomic mass is 9.28. The van der Waals surface area contributed by atoms with Gasteiger partial charge in [0, 0.05) is 0 Å². The molecule has 0 fully saturated rings. The van der Waals surface area contributed by atoms with Gasteiger partial charge in [-0.1, -0.05) is 156 Å². The van der Waals surface area contributed by atoms with Crippen LogP contribution in [0.1, 0.15) is 56.6 Å². The highest BCUT2D eigenvalue weighted by atomic mass is 28.3. The molecule has 2 heteroatoms. The molecular formula is C32H35BSi. The third kappa shape index (κ3) is 4.32. The SMILES string of the molecule is [2H]c1c([2H])c([2H])c(CC[Si]2(CCc3c([2H])c([2H])c([2H])c([2H])c3[2H])c3c([2H])c([2H])c([2H])c([2H])c3B(C(C)(C)C)c3c([2H])c([2H])c([2H])c([2H])c32)c([2H])c1[2H]. The van der Waals surface area contributed by atoms with Crippen LogP contribution in [0.4, 0.5) is 0 Å². The van der Waals surface area contributed by atoms with E-state index in [0.29, 0.717) is 0 Å². The van der Waals surface area contributed by atoms with Crippen LogP contribution in [0.25, 0.3) is 0 Å². The summed E-state index contributed by atoms with van der Waals surface area (Å²) in [5.41, 5.74) is 0.0708. The Hall–Kier alpha value is -2.84. The molecule has 0 aromatic heterocycles. The Morgan fingerprint density at radius 3 is 1.38 bits per heavy atom. The fraction of sp³-hybridized carbons (Fsp3) is 0.250. The van der Waals surface area contributed by atoms with Gasteiger partial charge < -0.3 is 0 Å². The summed E-state index contributed by atoms with van der Waals surface area (Å²) >= 11 is 0. The van der Waals surface area contributed by atoms with Crippen molar-refractivity contribution in [2.45, 2.75) is 51.0 Å². The predicted molar refractivity (Wildman–Crippen MR) is 153 cm³/mol. The van der Waals surface area contributed by atoms with Gasteiger partial charge in [-0.2, -0.15) is 0 Å². The molecule has 0 amide bonds. The number of fused-ring (bicyclic) bond motifs is 2. The molecule has 5 rings (SSSR count). The zero-order valence-corrected chi connectivity index (χ0v) is 20.4. The summed E-state index contributed by atoms with van der Waals surface area (Å²) in [6, 6.07) is -9.89. The second kappa shape index (κ2) is 9.43. The Balaban J connectivity index is 1.99. The number of hydrogen-bond acceptors (Lipinski definition) is 0. The van der Waals surface area contributed by atoms with Crippen molar-refractivity contribution >= 4 is 36.1 Å². The zero-order chi connectivity index (χ0) is 39.3. The summed E-state index contributed by atoms with van der Waals surface area (Å²) in [4.78, 5) is 0. The maximum absolute atomic E-state index is 9.38. The van der Waals surface area contributed by atoms with Crippen LogP contribution in [0.3, 0.4) is 0 Å². The van der Waals surface area contributed by atoms with Crippen molar-refractivity contribution in [2.24, 2.45) is 0 Å². The van der Waals surface area contributed by atoms with E-state index in [2.05, 4.69) is 0 Å². The Labute approximate surface area is 232 Å². The monoisotopic (exact) mass is 476 g/mol. The molecule has 0 atom stereocenters. The summed E-state index contributed by atoms with van der Waals surface area (Å²) in [7, 11) is -4.15. The van der Waals surface area contributed by atoms with Crippen molar-refractivity contribution in [1.82, 2.24) is 0 Å². The molecular weight excluding hydrogens is 423 g/mol. The van der Waals surface area contributed by atoms with Gasteiger partial charge in [-0.05, 0) is 36.1 Å². The lowest BCUT2D eigenvalue weighted by molar-refractivity contribution is 0.750. The largest absolute Gasteiger partial charge is 0.214 e. The molecule has 0 saturated carbocycles. The molecule has 34 heavy (non-hydrogen) atoms. The molecule has 170 valence electrons. The van der Waals surface area contributed by atoms with Gasteiger partial charge in [-0.25, -0.2) is 0 Å². The van der Waals surface area contributed by atoms with Crippen molar-refractivity contribution in [3.8, 4) is 0 Å². The molecule has 0 unspecified atom stereocenters. The highest BCUT2D eigenvalue weighted by Gasteiger charge is 2.48. The van der Waals surface area contributed by atoms with Gasteiger partial charge in [-0.3, -0.25) is 0 Å². The van der Waals surface area contributed by atoms with E-state index in [-0.39, 0.29) is 57.4 Å². The average Bonchev–Trinajstić information content (AvgIpc) is 3.09. The van der Waals surface area contributed by atoms with E-state index >= 15 is 0 Å². The smallest absolute Gasteiger partial charge is 0.0739 e. The Kier molecular flexibility index (Phi) is 2.78. The van der Waals surface area contributed by atoms with Crippen LogP contribution in [0.15, 0.2) is 109 Å². The highest BCUT2D eigenvalue weighted by Crippen LogP contribution is 2.31. The molecule has 0 bridgehead atoms. The van der Waals surface area contributed by atoms with Crippen LogP contribution in [-0.4, -0.2) is 14.8 Å². The van der Waals surface area contributed by atoms with E-state index in [4.69, 9.17) is 19.2 Å². The molecule has 0 aliphatic carbocycles. The van der Waals surface area contributed by atoms with Crippen LogP contribution < -0.4 is 21.3 Å². The second-order valence-corrected chi connectivity index (χ2v) is 13.8. The van der Waals surface area contributed by atoms with Gasteiger partial charge in [0.15, 0.2) is 0 Å². The maximum Gasteiger partial charge on any atom is 0.214 e. The van der Waals surface area contributed by atoms with E-state index in [1.165, 1.54) is 0 Å². The van der Waals surface area contributed by atoms with Gasteiger partial charge >= 0.3 is 0 Å². The summed E-state index contributed by atoms with van der Waals surface area (Å²) < 4.78 is 156. The molecule has 0 nitrogen and oxygen atoms in total. The van der Waals surface area contributed by atoms with Crippen molar-refractivity contribution < 1.29 is 24.7 Å². The summed E-state index contributed by atoms with van der Waals surface area (Å²) in [6.07, 6.45) is -0.514. The number of benzene rings is 4. The van der Waals surface area contributed by atoms with Gasteiger partial charge in [-0.15, -0.1) is 0 Å². The molecule has 0 radical (unpaired) electrons. The van der Waals surface area contributed by atoms with Gasteiger partial charge in [0.25, 0.3) is 0 Å². The van der Waals surface area contributed by atoms with Crippen LogP contribution in [-0.2, 0) is 12.8 Å². The zero-order valence-electron chi connectivity index (χ0n) is 37.4. The Morgan fingerprint density at radius 1 is 0.588 bits per heavy atom. The lowest BCUT2D eigenvalue weighted by Crippen LogP contribution is -2.77. The number of rotatable bonds is 6. The van der Waals surface area contributed by atoms with E-state index in [0.717, 1.165) is 0 Å². The van der Waals surface area contributed by atoms with Crippen LogP contribution >= 0.6 is 0 Å². The minimum atomic E-state index is -4.15. The first-order valence-electron chi connectivity index (χ1n) is 20.3. The minimum Gasteiger partial charge on any atom is -0.0739 e. The van der Waals surface area contributed by atoms with Crippen molar-refractivity contribution in [3.63, 3.8) is 0 Å². The summed E-state index contributed by atoms with van der Waals surface area (Å²) in [5, 5.41) is -0.633. The number of hydrogen-bond donors (Lipinski definition) is 0. The second-order valence-electron chi connectivity index (χ2n) is 9.67. The van der Waals surface area contributed by atoms with Gasteiger partial charge in [0.05, 0.1) is 24.7 Å². The molecule has 1 aliphatic heterocycles. The van der Waals surface area contributed by atoms with Crippen molar-refractivity contribution in [2.75, 3.05) is 0 Å². The van der Waals surface area contributed by atoms with E-state index in [9.17, 15) is 5.48 Å². The summed E-state index contributed by atoms with van der Waals surface area (Å²) in [5.74, 6) is 0. The third-order valence-corrected chi connectivity index (χ3v) is 11.5. The molecule has 0 saturated heterocycles. The van der Waals surface area contributed by atoms with E-state index < -0.39 is 129 Å². The first-order chi connectivity index (χ1) is 23.9. The quantitative estimate of drug-likeness (QED) is 0.324. The third-order valence-electron chi connectivity index (χ3n) is 6.54. The first kappa shape index (κ1) is 10.0. The Bertz CT molecular complexity index is 1990. The molecule has 4 aromatic carbocycles. The lowest BCUT2D eigenvalue weighted by Gasteiger charge is -2.45. The fourth-order valence-corrected chi connectivity index (χ4v) is 9.97. The predicted octanol–water partition coefficient (Wildman–Crippen LogP) is 5.46. The first-order valence-corrected chi connectivity index (χ1v) is 13.7. The maximum atomic E-state index is 9.38. The molecule has 0 N–H and O–H groups in total. The van der Waals surface area contributed by atoms with E-state index in [1.807, 2.05) is 0 Å². The van der Waals surface area contributed by atoms with Gasteiger partial charge in [0.1, 0.15) is 8.07 Å². The summed E-state index contributed by atoms with van der Waals surface area (Å²) in [6.45, 7) is 4.41. The highest BCUT2D eigenvalue weighted by molar-refractivity contribution is 7.12. The van der Waals surface area contributed by atoms with Crippen molar-refractivity contribution in [3.05, 3.63) is 120 Å². The average molecular weight is 477 g/mol. The minimum absolute atomic E-state index is 0.0941. The van der Waals surface area contributed by atoms with Crippen LogP contribution in [0.2, 0.25) is 17.4 Å². The molecule has 1 heterocycles. The van der Waals surface area contributed by atoms with Gasteiger partial charge in [0.2, 0.25) is 6.71 Å². The molecule has 1 aliphatic rings. The molecule has 4 aromatic rings.